The van der Waals surface area contributed by atoms with Gasteiger partial charge in [0, 0.05) is 6.54 Å². The molecule has 25 heavy (non-hydrogen) atoms. The van der Waals surface area contributed by atoms with Crippen LogP contribution in [0.15, 0.2) is 24.3 Å². The molecule has 0 aliphatic heterocycles. The van der Waals surface area contributed by atoms with Gasteiger partial charge in [0.25, 0.3) is 0 Å². The largest absolute Gasteiger partial charge is 0.478 e. The standard InChI is InChI=1S/C19H26N2O4/c1-2-12-20-18(25)19(10-6-3-7-11-19)21-16(22)13-14-8-4-5-9-15(14)17(23)24/h4-5,8-9H,2-3,6-7,10-13H2,1H3,(H,20,25)(H,21,22)(H,23,24). The van der Waals surface area contributed by atoms with E-state index in [-0.39, 0.29) is 23.8 Å². The summed E-state index contributed by atoms with van der Waals surface area (Å²) >= 11 is 0. The highest BCUT2D eigenvalue weighted by molar-refractivity contribution is 5.94. The molecule has 0 aromatic heterocycles. The molecule has 1 aliphatic carbocycles. The zero-order valence-electron chi connectivity index (χ0n) is 14.6. The van der Waals surface area contributed by atoms with Crippen molar-refractivity contribution in [3.63, 3.8) is 0 Å². The van der Waals surface area contributed by atoms with Crippen LogP contribution in [0.1, 0.15) is 61.4 Å². The molecule has 1 saturated carbocycles. The second-order valence-corrected chi connectivity index (χ2v) is 6.59. The van der Waals surface area contributed by atoms with Crippen LogP contribution in [-0.2, 0) is 16.0 Å². The first-order valence-electron chi connectivity index (χ1n) is 8.89. The fourth-order valence-corrected chi connectivity index (χ4v) is 3.34. The normalized spacial score (nSPS) is 16.0. The third kappa shape index (κ3) is 4.81. The van der Waals surface area contributed by atoms with Crippen molar-refractivity contribution in [1.82, 2.24) is 10.6 Å². The molecule has 6 nitrogen and oxygen atoms in total. The van der Waals surface area contributed by atoms with Gasteiger partial charge in [-0.25, -0.2) is 4.79 Å². The first kappa shape index (κ1) is 19.0. The molecule has 1 aliphatic rings. The summed E-state index contributed by atoms with van der Waals surface area (Å²) in [6.07, 6.45) is 4.87. The average molecular weight is 346 g/mol. The SMILES string of the molecule is CCCNC(=O)C1(NC(=O)Cc2ccccc2C(=O)O)CCCCC1. The number of benzene rings is 1. The molecule has 0 saturated heterocycles. The van der Waals surface area contributed by atoms with Gasteiger partial charge in [-0.05, 0) is 30.9 Å². The molecule has 0 radical (unpaired) electrons. The predicted molar refractivity (Wildman–Crippen MR) is 94.4 cm³/mol. The summed E-state index contributed by atoms with van der Waals surface area (Å²) < 4.78 is 0. The lowest BCUT2D eigenvalue weighted by Crippen LogP contribution is -2.60. The summed E-state index contributed by atoms with van der Waals surface area (Å²) in [6, 6.07) is 6.45. The Bertz CT molecular complexity index is 636. The second-order valence-electron chi connectivity index (χ2n) is 6.59. The summed E-state index contributed by atoms with van der Waals surface area (Å²) in [4.78, 5) is 36.5. The molecular formula is C19H26N2O4. The van der Waals surface area contributed by atoms with Gasteiger partial charge < -0.3 is 15.7 Å². The monoisotopic (exact) mass is 346 g/mol. The van der Waals surface area contributed by atoms with E-state index >= 15 is 0 Å². The van der Waals surface area contributed by atoms with Crippen molar-refractivity contribution in [1.29, 1.82) is 0 Å². The fourth-order valence-electron chi connectivity index (χ4n) is 3.34. The van der Waals surface area contributed by atoms with Crippen LogP contribution in [0.3, 0.4) is 0 Å². The van der Waals surface area contributed by atoms with Gasteiger partial charge in [0.1, 0.15) is 5.54 Å². The minimum Gasteiger partial charge on any atom is -0.478 e. The molecule has 6 heteroatoms. The van der Waals surface area contributed by atoms with Gasteiger partial charge in [-0.2, -0.15) is 0 Å². The van der Waals surface area contributed by atoms with E-state index in [1.807, 2.05) is 6.92 Å². The summed E-state index contributed by atoms with van der Waals surface area (Å²) in [5, 5.41) is 15.0. The van der Waals surface area contributed by atoms with Gasteiger partial charge in [-0.3, -0.25) is 9.59 Å². The minimum absolute atomic E-state index is 0.0503. The van der Waals surface area contributed by atoms with Crippen LogP contribution in [0, 0.1) is 0 Å². The van der Waals surface area contributed by atoms with Crippen molar-refractivity contribution >= 4 is 17.8 Å². The molecule has 3 N–H and O–H groups in total. The minimum atomic E-state index is -1.06. The summed E-state index contributed by atoms with van der Waals surface area (Å²) in [5.74, 6) is -1.51. The zero-order valence-corrected chi connectivity index (χ0v) is 14.6. The number of aromatic carboxylic acids is 1. The van der Waals surface area contributed by atoms with Gasteiger partial charge in [0.05, 0.1) is 12.0 Å². The van der Waals surface area contributed by atoms with Crippen molar-refractivity contribution in [2.24, 2.45) is 0 Å². The van der Waals surface area contributed by atoms with Gasteiger partial charge in [0.2, 0.25) is 11.8 Å². The highest BCUT2D eigenvalue weighted by atomic mass is 16.4. The van der Waals surface area contributed by atoms with E-state index in [1.54, 1.807) is 18.2 Å². The predicted octanol–water partition coefficient (Wildman–Crippen LogP) is 2.27. The topological polar surface area (TPSA) is 95.5 Å². The molecule has 0 unspecified atom stereocenters. The lowest BCUT2D eigenvalue weighted by molar-refractivity contribution is -0.134. The average Bonchev–Trinajstić information content (AvgIpc) is 2.60. The molecule has 136 valence electrons. The molecule has 2 amide bonds. The Labute approximate surface area is 148 Å². The van der Waals surface area contributed by atoms with Gasteiger partial charge in [-0.15, -0.1) is 0 Å². The van der Waals surface area contributed by atoms with Gasteiger partial charge in [0.15, 0.2) is 0 Å². The van der Waals surface area contributed by atoms with E-state index in [4.69, 9.17) is 0 Å². The van der Waals surface area contributed by atoms with Crippen LogP contribution in [0.25, 0.3) is 0 Å². The Morgan fingerprint density at radius 2 is 1.80 bits per heavy atom. The highest BCUT2D eigenvalue weighted by Crippen LogP contribution is 2.28. The number of nitrogens with one attached hydrogen (secondary N) is 2. The van der Waals surface area contributed by atoms with E-state index in [0.717, 1.165) is 25.7 Å². The van der Waals surface area contributed by atoms with E-state index in [2.05, 4.69) is 10.6 Å². The lowest BCUT2D eigenvalue weighted by atomic mass is 9.80. The first-order chi connectivity index (χ1) is 12.0. The van der Waals surface area contributed by atoms with Crippen LogP contribution >= 0.6 is 0 Å². The Morgan fingerprint density at radius 1 is 1.12 bits per heavy atom. The van der Waals surface area contributed by atoms with E-state index in [9.17, 15) is 19.5 Å². The molecular weight excluding hydrogens is 320 g/mol. The summed E-state index contributed by atoms with van der Waals surface area (Å²) in [5.41, 5.74) is -0.305. The van der Waals surface area contributed by atoms with E-state index in [1.165, 1.54) is 6.07 Å². The van der Waals surface area contributed by atoms with Crippen LogP contribution in [0.4, 0.5) is 0 Å². The fraction of sp³-hybridized carbons (Fsp3) is 0.526. The van der Waals surface area contributed by atoms with E-state index in [0.29, 0.717) is 24.9 Å². The van der Waals surface area contributed by atoms with Crippen LogP contribution in [-0.4, -0.2) is 35.0 Å². The second kappa shape index (κ2) is 8.65. The molecule has 1 aromatic carbocycles. The smallest absolute Gasteiger partial charge is 0.335 e. The number of carboxylic acid groups (broad SMARTS) is 1. The molecule has 0 atom stereocenters. The van der Waals surface area contributed by atoms with Crippen molar-refractivity contribution in [3.05, 3.63) is 35.4 Å². The maximum Gasteiger partial charge on any atom is 0.335 e. The molecule has 0 spiro atoms. The summed E-state index contributed by atoms with van der Waals surface area (Å²) in [7, 11) is 0. The third-order valence-corrected chi connectivity index (χ3v) is 4.65. The summed E-state index contributed by atoms with van der Waals surface area (Å²) in [6.45, 7) is 2.56. The van der Waals surface area contributed by atoms with E-state index < -0.39 is 11.5 Å². The quantitative estimate of drug-likeness (QED) is 0.706. The van der Waals surface area contributed by atoms with Gasteiger partial charge in [-0.1, -0.05) is 44.4 Å². The maximum atomic E-state index is 12.6. The molecule has 2 rings (SSSR count). The lowest BCUT2D eigenvalue weighted by Gasteiger charge is -2.36. The van der Waals surface area contributed by atoms with Crippen molar-refractivity contribution in [3.8, 4) is 0 Å². The number of amides is 2. The van der Waals surface area contributed by atoms with Gasteiger partial charge >= 0.3 is 5.97 Å². The number of carbonyl (C=O) groups is 3. The van der Waals surface area contributed by atoms with Crippen molar-refractivity contribution < 1.29 is 19.5 Å². The van der Waals surface area contributed by atoms with Crippen molar-refractivity contribution in [2.75, 3.05) is 6.54 Å². The first-order valence-corrected chi connectivity index (χ1v) is 8.89. The zero-order chi connectivity index (χ0) is 18.3. The number of carbonyl (C=O) groups excluding carboxylic acids is 2. The van der Waals surface area contributed by atoms with Crippen molar-refractivity contribution in [2.45, 2.75) is 57.4 Å². The molecule has 0 heterocycles. The Balaban J connectivity index is 2.12. The Kier molecular flexibility index (Phi) is 6.56. The number of hydrogen-bond donors (Lipinski definition) is 3. The third-order valence-electron chi connectivity index (χ3n) is 4.65. The molecule has 1 aromatic rings. The number of hydrogen-bond acceptors (Lipinski definition) is 3. The van der Waals surface area contributed by atoms with Crippen LogP contribution in [0.2, 0.25) is 0 Å². The Morgan fingerprint density at radius 3 is 2.44 bits per heavy atom. The van der Waals surface area contributed by atoms with Crippen LogP contribution in [0.5, 0.6) is 0 Å². The molecule has 1 fully saturated rings. The maximum absolute atomic E-state index is 12.6. The number of carboxylic acids is 1. The van der Waals surface area contributed by atoms with Crippen LogP contribution < -0.4 is 10.6 Å². The Hall–Kier alpha value is -2.37. The highest BCUT2D eigenvalue weighted by Gasteiger charge is 2.40. The molecule has 0 bridgehead atoms. The number of rotatable bonds is 7.